The third-order valence-corrected chi connectivity index (χ3v) is 8.42. The fourth-order valence-electron chi connectivity index (χ4n) is 2.90. The van der Waals surface area contributed by atoms with Gasteiger partial charge in [-0.1, -0.05) is 73.5 Å². The topological polar surface area (TPSA) is 0 Å². The standard InChI is InChI=1S/C22H25PS/c1-5-20-15-21(22(6-2)24-20)23(18-11-7-16(3)8-12-18)19-13-9-17(4)10-14-19/h7-15H,5-6H2,1-4H3. The molecule has 0 nitrogen and oxygen atoms in total. The summed E-state index contributed by atoms with van der Waals surface area (Å²) in [5, 5.41) is 4.46. The molecule has 0 bridgehead atoms. The van der Waals surface area contributed by atoms with E-state index in [9.17, 15) is 0 Å². The molecule has 0 saturated heterocycles. The Balaban J connectivity index is 2.16. The van der Waals surface area contributed by atoms with Gasteiger partial charge in [0.2, 0.25) is 0 Å². The van der Waals surface area contributed by atoms with Crippen molar-refractivity contribution in [1.29, 1.82) is 0 Å². The van der Waals surface area contributed by atoms with Crippen LogP contribution in [0.5, 0.6) is 0 Å². The largest absolute Gasteiger partial charge is 0.145 e. The van der Waals surface area contributed by atoms with E-state index in [0.29, 0.717) is 0 Å². The number of aryl methyl sites for hydroxylation is 4. The summed E-state index contributed by atoms with van der Waals surface area (Å²) in [7, 11) is -0.472. The Kier molecular flexibility index (Phi) is 5.54. The highest BCUT2D eigenvalue weighted by atomic mass is 32.1. The second kappa shape index (κ2) is 7.64. The molecule has 2 aromatic carbocycles. The molecule has 0 unspecified atom stereocenters. The Bertz CT molecular complexity index is 751. The molecule has 0 spiro atoms. The minimum absolute atomic E-state index is 0.472. The molecule has 0 atom stereocenters. The lowest BCUT2D eigenvalue weighted by molar-refractivity contribution is 1.19. The summed E-state index contributed by atoms with van der Waals surface area (Å²) < 4.78 is 0. The van der Waals surface area contributed by atoms with Crippen molar-refractivity contribution in [3.63, 3.8) is 0 Å². The van der Waals surface area contributed by atoms with Gasteiger partial charge in [0.25, 0.3) is 0 Å². The maximum Gasteiger partial charge on any atom is 0.0129 e. The third kappa shape index (κ3) is 3.63. The van der Waals surface area contributed by atoms with Crippen LogP contribution in [0.4, 0.5) is 0 Å². The first-order valence-corrected chi connectivity index (χ1v) is 10.8. The van der Waals surface area contributed by atoms with Gasteiger partial charge in [0.15, 0.2) is 0 Å². The third-order valence-electron chi connectivity index (χ3n) is 4.33. The van der Waals surface area contributed by atoms with E-state index in [1.54, 1.807) is 10.2 Å². The minimum Gasteiger partial charge on any atom is -0.145 e. The smallest absolute Gasteiger partial charge is 0.0129 e. The van der Waals surface area contributed by atoms with Gasteiger partial charge in [-0.25, -0.2) is 0 Å². The minimum atomic E-state index is -0.472. The number of hydrogen-bond acceptors (Lipinski definition) is 1. The van der Waals surface area contributed by atoms with Gasteiger partial charge in [0.1, 0.15) is 0 Å². The molecule has 3 rings (SSSR count). The molecule has 24 heavy (non-hydrogen) atoms. The Labute approximate surface area is 151 Å². The Hall–Kier alpha value is -1.43. The number of hydrogen-bond donors (Lipinski definition) is 0. The van der Waals surface area contributed by atoms with E-state index in [-0.39, 0.29) is 0 Å². The first-order valence-electron chi connectivity index (χ1n) is 8.67. The van der Waals surface area contributed by atoms with E-state index >= 15 is 0 Å². The average Bonchev–Trinajstić information content (AvgIpc) is 3.01. The van der Waals surface area contributed by atoms with Crippen LogP contribution in [-0.2, 0) is 12.8 Å². The number of rotatable bonds is 5. The van der Waals surface area contributed by atoms with Crippen LogP contribution in [0.15, 0.2) is 54.6 Å². The van der Waals surface area contributed by atoms with E-state index in [4.69, 9.17) is 0 Å². The van der Waals surface area contributed by atoms with Crippen LogP contribution in [0.25, 0.3) is 0 Å². The van der Waals surface area contributed by atoms with Crippen molar-refractivity contribution in [3.05, 3.63) is 75.5 Å². The first-order chi connectivity index (χ1) is 11.6. The fourth-order valence-corrected chi connectivity index (χ4v) is 6.79. The van der Waals surface area contributed by atoms with Crippen LogP contribution >= 0.6 is 19.3 Å². The molecule has 0 aliphatic rings. The molecule has 0 amide bonds. The van der Waals surface area contributed by atoms with Crippen LogP contribution in [0.1, 0.15) is 34.7 Å². The first kappa shape index (κ1) is 17.4. The summed E-state index contributed by atoms with van der Waals surface area (Å²) >= 11 is 2.00. The van der Waals surface area contributed by atoms with E-state index in [2.05, 4.69) is 82.3 Å². The van der Waals surface area contributed by atoms with Crippen LogP contribution in [0, 0.1) is 13.8 Å². The molecule has 0 saturated carbocycles. The summed E-state index contributed by atoms with van der Waals surface area (Å²) in [5.74, 6) is 0. The number of thiophene rings is 1. The summed E-state index contributed by atoms with van der Waals surface area (Å²) in [6.45, 7) is 8.87. The van der Waals surface area contributed by atoms with Crippen molar-refractivity contribution < 1.29 is 0 Å². The SMILES string of the molecule is CCc1cc(P(c2ccc(C)cc2)c2ccc(C)cc2)c(CC)s1. The van der Waals surface area contributed by atoms with Gasteiger partial charge in [-0.3, -0.25) is 0 Å². The van der Waals surface area contributed by atoms with Crippen molar-refractivity contribution in [3.8, 4) is 0 Å². The Morgan fingerprint density at radius 1 is 0.750 bits per heavy atom. The van der Waals surface area contributed by atoms with E-state index in [1.165, 1.54) is 26.6 Å². The predicted octanol–water partition coefficient (Wildman–Crippen LogP) is 5.25. The molecule has 3 aromatic rings. The van der Waals surface area contributed by atoms with Crippen molar-refractivity contribution in [2.75, 3.05) is 0 Å². The van der Waals surface area contributed by atoms with E-state index < -0.39 is 7.92 Å². The second-order valence-electron chi connectivity index (χ2n) is 6.23. The van der Waals surface area contributed by atoms with Crippen molar-refractivity contribution >= 4 is 35.2 Å². The molecular weight excluding hydrogens is 327 g/mol. The summed E-state index contributed by atoms with van der Waals surface area (Å²) in [6, 6.07) is 20.7. The van der Waals surface area contributed by atoms with Gasteiger partial charge in [-0.05, 0) is 56.6 Å². The van der Waals surface area contributed by atoms with Crippen molar-refractivity contribution in [2.24, 2.45) is 0 Å². The van der Waals surface area contributed by atoms with Gasteiger partial charge < -0.3 is 0 Å². The summed E-state index contributed by atoms with van der Waals surface area (Å²) in [4.78, 5) is 3.06. The zero-order valence-corrected chi connectivity index (χ0v) is 16.7. The van der Waals surface area contributed by atoms with E-state index in [0.717, 1.165) is 12.8 Å². The molecule has 1 aromatic heterocycles. The van der Waals surface area contributed by atoms with Gasteiger partial charge in [0, 0.05) is 9.75 Å². The lowest BCUT2D eigenvalue weighted by Crippen LogP contribution is -2.21. The lowest BCUT2D eigenvalue weighted by atomic mass is 10.2. The van der Waals surface area contributed by atoms with Crippen LogP contribution in [-0.4, -0.2) is 0 Å². The molecule has 0 aliphatic carbocycles. The molecule has 2 heteroatoms. The molecular formula is C22H25PS. The normalized spacial score (nSPS) is 11.2. The molecule has 0 aliphatic heterocycles. The highest BCUT2D eigenvalue weighted by Crippen LogP contribution is 2.37. The van der Waals surface area contributed by atoms with Crippen molar-refractivity contribution in [1.82, 2.24) is 0 Å². The highest BCUT2D eigenvalue weighted by Gasteiger charge is 2.21. The summed E-state index contributed by atoms with van der Waals surface area (Å²) in [5.41, 5.74) is 2.65. The molecule has 1 heterocycles. The fraction of sp³-hybridized carbons (Fsp3) is 0.273. The average molecular weight is 352 g/mol. The monoisotopic (exact) mass is 352 g/mol. The molecule has 0 radical (unpaired) electrons. The van der Waals surface area contributed by atoms with Crippen LogP contribution < -0.4 is 15.9 Å². The van der Waals surface area contributed by atoms with Crippen LogP contribution in [0.3, 0.4) is 0 Å². The van der Waals surface area contributed by atoms with Crippen molar-refractivity contribution in [2.45, 2.75) is 40.5 Å². The molecule has 0 fully saturated rings. The van der Waals surface area contributed by atoms with Crippen LogP contribution in [0.2, 0.25) is 0 Å². The van der Waals surface area contributed by atoms with E-state index in [1.807, 2.05) is 11.3 Å². The quantitative estimate of drug-likeness (QED) is 0.550. The van der Waals surface area contributed by atoms with Gasteiger partial charge in [-0.2, -0.15) is 0 Å². The predicted molar refractivity (Wildman–Crippen MR) is 111 cm³/mol. The van der Waals surface area contributed by atoms with Gasteiger partial charge in [-0.15, -0.1) is 11.3 Å². The zero-order chi connectivity index (χ0) is 17.1. The highest BCUT2D eigenvalue weighted by molar-refractivity contribution is 7.80. The maximum absolute atomic E-state index is 2.47. The summed E-state index contributed by atoms with van der Waals surface area (Å²) in [6.07, 6.45) is 2.25. The second-order valence-corrected chi connectivity index (χ2v) is 9.64. The zero-order valence-electron chi connectivity index (χ0n) is 15.0. The maximum atomic E-state index is 2.47. The Morgan fingerprint density at radius 2 is 1.25 bits per heavy atom. The Morgan fingerprint density at radius 3 is 1.67 bits per heavy atom. The molecule has 124 valence electrons. The lowest BCUT2D eigenvalue weighted by Gasteiger charge is -2.20. The van der Waals surface area contributed by atoms with Gasteiger partial charge in [0.05, 0.1) is 0 Å². The number of benzene rings is 2. The molecule has 0 N–H and O–H groups in total. The van der Waals surface area contributed by atoms with Gasteiger partial charge >= 0.3 is 0 Å².